The van der Waals surface area contributed by atoms with Gasteiger partial charge < -0.3 is 10.6 Å². The minimum Gasteiger partial charge on any atom is -0.325 e. The number of hydrogen-bond donors (Lipinski definition) is 3. The third-order valence-electron chi connectivity index (χ3n) is 7.35. The molecule has 0 saturated heterocycles. The third-order valence-corrected chi connectivity index (χ3v) is 8.28. The molecule has 4 fully saturated rings. The number of nitrogens with one attached hydrogen (secondary N) is 2. The number of benzene rings is 1. The van der Waals surface area contributed by atoms with Crippen LogP contribution in [0.3, 0.4) is 0 Å². The van der Waals surface area contributed by atoms with Crippen LogP contribution in [0.5, 0.6) is 0 Å². The van der Waals surface area contributed by atoms with Crippen molar-refractivity contribution in [3.05, 3.63) is 24.3 Å². The molecule has 0 heterocycles. The van der Waals surface area contributed by atoms with Crippen LogP contribution in [0.15, 0.2) is 29.2 Å². The predicted octanol–water partition coefficient (Wildman–Crippen LogP) is 2.86. The second-order valence-corrected chi connectivity index (χ2v) is 11.0. The molecule has 4 N–H and O–H groups in total. The van der Waals surface area contributed by atoms with Crippen LogP contribution in [0.4, 0.5) is 5.69 Å². The normalized spacial score (nSPS) is 33.5. The number of amides is 1. The van der Waals surface area contributed by atoms with Gasteiger partial charge in [0.2, 0.25) is 15.9 Å². The van der Waals surface area contributed by atoms with E-state index in [2.05, 4.69) is 17.6 Å². The molecule has 4 aliphatic rings. The van der Waals surface area contributed by atoms with Gasteiger partial charge in [0.1, 0.15) is 0 Å². The number of carbonyl (C=O) groups is 1. The molecule has 1 amide bonds. The van der Waals surface area contributed by atoms with E-state index in [1.54, 1.807) is 12.1 Å². The van der Waals surface area contributed by atoms with E-state index in [1.165, 1.54) is 50.7 Å². The Morgan fingerprint density at radius 2 is 1.54 bits per heavy atom. The molecule has 0 spiro atoms. The first-order chi connectivity index (χ1) is 13.1. The van der Waals surface area contributed by atoms with E-state index in [0.29, 0.717) is 17.1 Å². The van der Waals surface area contributed by atoms with Crippen molar-refractivity contribution in [2.24, 2.45) is 28.3 Å². The van der Waals surface area contributed by atoms with Gasteiger partial charge in [-0.2, -0.15) is 0 Å². The maximum Gasteiger partial charge on any atom is 0.241 e. The van der Waals surface area contributed by atoms with Crippen molar-refractivity contribution in [3.63, 3.8) is 0 Å². The minimum atomic E-state index is -3.73. The quantitative estimate of drug-likeness (QED) is 0.677. The zero-order valence-electron chi connectivity index (χ0n) is 16.6. The maximum atomic E-state index is 12.6. The average Bonchev–Trinajstić information content (AvgIpc) is 2.60. The van der Waals surface area contributed by atoms with E-state index in [4.69, 9.17) is 5.14 Å². The third kappa shape index (κ3) is 3.84. The number of nitrogens with two attached hydrogens (primary N) is 1. The van der Waals surface area contributed by atoms with Gasteiger partial charge in [-0.15, -0.1) is 0 Å². The van der Waals surface area contributed by atoms with Crippen LogP contribution in [0.1, 0.15) is 52.4 Å². The van der Waals surface area contributed by atoms with Crippen molar-refractivity contribution in [2.45, 2.75) is 69.4 Å². The molecule has 0 unspecified atom stereocenters. The van der Waals surface area contributed by atoms with Gasteiger partial charge in [0.05, 0.1) is 10.9 Å². The monoisotopic (exact) mass is 405 g/mol. The molecule has 154 valence electrons. The molecule has 1 aromatic carbocycles. The summed E-state index contributed by atoms with van der Waals surface area (Å²) in [6.45, 7) is 4.14. The van der Waals surface area contributed by atoms with E-state index in [0.717, 1.165) is 17.8 Å². The van der Waals surface area contributed by atoms with Gasteiger partial charge in [-0.3, -0.25) is 4.79 Å². The number of anilines is 1. The number of sulfonamides is 1. The Morgan fingerprint density at radius 1 is 1.04 bits per heavy atom. The minimum absolute atomic E-state index is 0.0344. The summed E-state index contributed by atoms with van der Waals surface area (Å²) < 4.78 is 22.7. The predicted molar refractivity (Wildman–Crippen MR) is 109 cm³/mol. The second-order valence-electron chi connectivity index (χ2n) is 9.45. The molecule has 4 bridgehead atoms. The highest BCUT2D eigenvalue weighted by molar-refractivity contribution is 7.89. The molecule has 5 rings (SSSR count). The number of primary sulfonamides is 1. The van der Waals surface area contributed by atoms with Crippen LogP contribution in [0, 0.1) is 23.2 Å². The molecule has 0 aliphatic heterocycles. The lowest BCUT2D eigenvalue weighted by molar-refractivity contribution is -0.119. The van der Waals surface area contributed by atoms with Crippen molar-refractivity contribution in [3.8, 4) is 0 Å². The van der Waals surface area contributed by atoms with Crippen molar-refractivity contribution < 1.29 is 13.2 Å². The summed E-state index contributed by atoms with van der Waals surface area (Å²) in [6.07, 6.45) is 8.15. The fourth-order valence-corrected chi connectivity index (χ4v) is 6.83. The summed E-state index contributed by atoms with van der Waals surface area (Å²) in [4.78, 5) is 12.7. The molecule has 4 saturated carbocycles. The van der Waals surface area contributed by atoms with Crippen LogP contribution in [-0.2, 0) is 14.8 Å². The van der Waals surface area contributed by atoms with Gasteiger partial charge in [0.15, 0.2) is 0 Å². The van der Waals surface area contributed by atoms with Gasteiger partial charge in [-0.05, 0) is 99.8 Å². The largest absolute Gasteiger partial charge is 0.325 e. The van der Waals surface area contributed by atoms with Gasteiger partial charge in [0.25, 0.3) is 0 Å². The summed E-state index contributed by atoms with van der Waals surface area (Å²) >= 11 is 0. The van der Waals surface area contributed by atoms with Crippen molar-refractivity contribution in [1.82, 2.24) is 5.32 Å². The summed E-state index contributed by atoms with van der Waals surface area (Å²) in [5.74, 6) is 2.55. The van der Waals surface area contributed by atoms with Gasteiger partial charge in [-0.25, -0.2) is 13.6 Å². The van der Waals surface area contributed by atoms with Crippen molar-refractivity contribution in [2.75, 3.05) is 5.32 Å². The Bertz CT molecular complexity index is 815. The topological polar surface area (TPSA) is 101 Å². The molecule has 0 aromatic heterocycles. The molecule has 4 aliphatic carbocycles. The highest BCUT2D eigenvalue weighted by Gasteiger charge is 2.53. The first kappa shape index (κ1) is 19.9. The van der Waals surface area contributed by atoms with Crippen molar-refractivity contribution >= 4 is 21.6 Å². The van der Waals surface area contributed by atoms with E-state index >= 15 is 0 Å². The maximum absolute atomic E-state index is 12.6. The van der Waals surface area contributed by atoms with E-state index in [9.17, 15) is 13.2 Å². The Labute approximate surface area is 167 Å². The van der Waals surface area contributed by atoms with Crippen molar-refractivity contribution in [1.29, 1.82) is 0 Å². The molecule has 2 atom stereocenters. The number of carbonyl (C=O) groups excluding carboxylic acids is 1. The summed E-state index contributed by atoms with van der Waals surface area (Å²) in [5.41, 5.74) is 0.911. The lowest BCUT2D eigenvalue weighted by Crippen LogP contribution is -2.57. The van der Waals surface area contributed by atoms with Crippen LogP contribution >= 0.6 is 0 Å². The van der Waals surface area contributed by atoms with E-state index in [1.807, 2.05) is 6.92 Å². The standard InChI is InChI=1S/C21H31N3O3S/c1-13(20(25)24-18-3-5-19(6-4-18)28(22,26)27)23-14(2)21-10-15-7-16(11-21)9-17(8-15)12-21/h3-6,13-17,23H,7-12H2,1-2H3,(H,24,25)(H2,22,26,27)/t13-,14-,15?,16?,17?,21?/m0/s1. The summed E-state index contributed by atoms with van der Waals surface area (Å²) in [5, 5.41) is 11.5. The fraction of sp³-hybridized carbons (Fsp3) is 0.667. The summed E-state index contributed by atoms with van der Waals surface area (Å²) in [6, 6.07) is 5.93. The van der Waals surface area contributed by atoms with E-state index < -0.39 is 10.0 Å². The first-order valence-corrected chi connectivity index (χ1v) is 11.9. The van der Waals surface area contributed by atoms with E-state index in [-0.39, 0.29) is 16.8 Å². The van der Waals surface area contributed by atoms with Crippen LogP contribution in [0.25, 0.3) is 0 Å². The van der Waals surface area contributed by atoms with Gasteiger partial charge >= 0.3 is 0 Å². The molecule has 7 heteroatoms. The Kier molecular flexibility index (Phi) is 5.04. The van der Waals surface area contributed by atoms with Gasteiger partial charge in [-0.1, -0.05) is 0 Å². The lowest BCUT2D eigenvalue weighted by Gasteiger charge is -2.59. The van der Waals surface area contributed by atoms with Gasteiger partial charge in [0, 0.05) is 11.7 Å². The molecular weight excluding hydrogens is 374 g/mol. The molecule has 28 heavy (non-hydrogen) atoms. The highest BCUT2D eigenvalue weighted by Crippen LogP contribution is 2.61. The lowest BCUT2D eigenvalue weighted by atomic mass is 9.48. The first-order valence-electron chi connectivity index (χ1n) is 10.3. The summed E-state index contributed by atoms with van der Waals surface area (Å²) in [7, 11) is -3.73. The Hall–Kier alpha value is -1.44. The Balaban J connectivity index is 1.37. The smallest absolute Gasteiger partial charge is 0.241 e. The Morgan fingerprint density at radius 3 is 2.00 bits per heavy atom. The second kappa shape index (κ2) is 7.11. The zero-order chi connectivity index (χ0) is 20.1. The average molecular weight is 406 g/mol. The van der Waals surface area contributed by atoms with Crippen LogP contribution in [-0.4, -0.2) is 26.4 Å². The SMILES string of the molecule is C[C@H](N[C@@H](C)C12CC3CC(CC(C3)C1)C2)C(=O)Nc1ccc(S(N)(=O)=O)cc1. The zero-order valence-corrected chi connectivity index (χ0v) is 17.5. The number of rotatable bonds is 6. The molecule has 1 aromatic rings. The van der Waals surface area contributed by atoms with Crippen LogP contribution < -0.4 is 15.8 Å². The molecule has 0 radical (unpaired) electrons. The fourth-order valence-electron chi connectivity index (χ4n) is 6.31. The number of hydrogen-bond acceptors (Lipinski definition) is 4. The highest BCUT2D eigenvalue weighted by atomic mass is 32.2. The molecular formula is C21H31N3O3S. The molecule has 6 nitrogen and oxygen atoms in total. The van der Waals surface area contributed by atoms with Crippen LogP contribution in [0.2, 0.25) is 0 Å².